The fourth-order valence-electron chi connectivity index (χ4n) is 3.31. The number of hydrogen-bond donors (Lipinski definition) is 3. The molecule has 0 bridgehead atoms. The van der Waals surface area contributed by atoms with E-state index in [1.165, 1.54) is 0 Å². The van der Waals surface area contributed by atoms with Crippen LogP contribution in [0.15, 0.2) is 0 Å². The second-order valence-corrected chi connectivity index (χ2v) is 6.43. The Kier molecular flexibility index (Phi) is 4.82. The van der Waals surface area contributed by atoms with Crippen molar-refractivity contribution < 1.29 is 9.90 Å². The summed E-state index contributed by atoms with van der Waals surface area (Å²) in [5.41, 5.74) is 7.43. The van der Waals surface area contributed by atoms with Crippen molar-refractivity contribution in [2.75, 3.05) is 23.7 Å². The number of aryl methyl sites for hydroxylation is 2. The zero-order valence-corrected chi connectivity index (χ0v) is 14.5. The number of carboxylic acid groups (broad SMARTS) is 1. The second kappa shape index (κ2) is 7.04. The Balaban J connectivity index is 1.87. The van der Waals surface area contributed by atoms with Gasteiger partial charge in [-0.2, -0.15) is 10.1 Å². The van der Waals surface area contributed by atoms with Gasteiger partial charge in [0.25, 0.3) is 0 Å². The average molecular weight is 345 g/mol. The van der Waals surface area contributed by atoms with E-state index >= 15 is 0 Å². The smallest absolute Gasteiger partial charge is 0.303 e. The van der Waals surface area contributed by atoms with Gasteiger partial charge in [-0.15, -0.1) is 0 Å². The second-order valence-electron chi connectivity index (χ2n) is 6.43. The van der Waals surface area contributed by atoms with Gasteiger partial charge >= 0.3 is 5.97 Å². The molecule has 1 aliphatic rings. The molecule has 0 spiro atoms. The summed E-state index contributed by atoms with van der Waals surface area (Å²) in [6.07, 6.45) is 2.42. The number of nitrogen functional groups attached to an aromatic ring is 1. The lowest BCUT2D eigenvalue weighted by Crippen LogP contribution is -2.36. The van der Waals surface area contributed by atoms with Gasteiger partial charge in [-0.25, -0.2) is 9.97 Å². The summed E-state index contributed by atoms with van der Waals surface area (Å²) in [6, 6.07) is 0. The van der Waals surface area contributed by atoms with Crippen molar-refractivity contribution in [1.82, 2.24) is 25.1 Å². The lowest BCUT2D eigenvalue weighted by molar-refractivity contribution is -0.136. The van der Waals surface area contributed by atoms with E-state index in [2.05, 4.69) is 30.0 Å². The fraction of sp³-hybridized carbons (Fsp3) is 0.562. The molecule has 134 valence electrons. The number of piperidine rings is 1. The van der Waals surface area contributed by atoms with E-state index in [0.29, 0.717) is 6.42 Å². The van der Waals surface area contributed by atoms with Crippen LogP contribution < -0.4 is 10.6 Å². The van der Waals surface area contributed by atoms with Crippen LogP contribution in [-0.4, -0.2) is 49.3 Å². The Hall–Kier alpha value is -2.71. The van der Waals surface area contributed by atoms with Crippen LogP contribution >= 0.6 is 0 Å². The molecular formula is C16H23N7O2. The molecule has 9 heteroatoms. The summed E-state index contributed by atoms with van der Waals surface area (Å²) in [5.74, 6) is 1.94. The predicted octanol–water partition coefficient (Wildman–Crippen LogP) is 1.19. The molecule has 0 amide bonds. The quantitative estimate of drug-likeness (QED) is 0.736. The third-order valence-corrected chi connectivity index (χ3v) is 4.50. The molecule has 1 unspecified atom stereocenters. The Morgan fingerprint density at radius 1 is 1.36 bits per heavy atom. The van der Waals surface area contributed by atoms with Crippen LogP contribution in [0.5, 0.6) is 0 Å². The van der Waals surface area contributed by atoms with Crippen molar-refractivity contribution >= 4 is 17.7 Å². The number of aliphatic carboxylic acids is 1. The molecule has 0 aromatic carbocycles. The van der Waals surface area contributed by atoms with E-state index in [0.717, 1.165) is 54.7 Å². The van der Waals surface area contributed by atoms with Gasteiger partial charge in [0.2, 0.25) is 5.95 Å². The van der Waals surface area contributed by atoms with Crippen LogP contribution in [0.4, 0.5) is 11.8 Å². The monoisotopic (exact) mass is 345 g/mol. The van der Waals surface area contributed by atoms with E-state index in [-0.39, 0.29) is 18.3 Å². The highest BCUT2D eigenvalue weighted by atomic mass is 16.4. The summed E-state index contributed by atoms with van der Waals surface area (Å²) in [6.45, 7) is 5.30. The molecule has 0 radical (unpaired) electrons. The van der Waals surface area contributed by atoms with Crippen molar-refractivity contribution in [2.24, 2.45) is 0 Å². The van der Waals surface area contributed by atoms with Gasteiger partial charge in [0, 0.05) is 36.7 Å². The maximum atomic E-state index is 11.0. The molecule has 3 rings (SSSR count). The molecule has 25 heavy (non-hydrogen) atoms. The molecule has 0 aliphatic carbocycles. The number of H-pyrrole nitrogens is 1. The first-order valence-corrected chi connectivity index (χ1v) is 8.42. The highest BCUT2D eigenvalue weighted by molar-refractivity contribution is 5.68. The van der Waals surface area contributed by atoms with E-state index in [1.807, 2.05) is 13.8 Å². The molecule has 1 saturated heterocycles. The molecule has 0 saturated carbocycles. The molecule has 1 atom stereocenters. The lowest BCUT2D eigenvalue weighted by atomic mass is 9.96. The standard InChI is InChI=1S/C16H23N7O2/c1-9-12(5-6-13(24)25)15(20-16(17)18-9)23-7-3-4-11(8-23)14-19-10(2)21-22-14/h11H,3-8H2,1-2H3,(H,24,25)(H2,17,18,20)(H,19,21,22). The summed E-state index contributed by atoms with van der Waals surface area (Å²) < 4.78 is 0. The van der Waals surface area contributed by atoms with Gasteiger partial charge in [0.15, 0.2) is 5.82 Å². The molecule has 4 N–H and O–H groups in total. The van der Waals surface area contributed by atoms with E-state index in [4.69, 9.17) is 10.8 Å². The number of nitrogens with two attached hydrogens (primary N) is 1. The van der Waals surface area contributed by atoms with Crippen molar-refractivity contribution in [3.63, 3.8) is 0 Å². The maximum Gasteiger partial charge on any atom is 0.303 e. The largest absolute Gasteiger partial charge is 0.481 e. The minimum atomic E-state index is -0.838. The Morgan fingerprint density at radius 3 is 2.84 bits per heavy atom. The molecule has 1 fully saturated rings. The molecular weight excluding hydrogens is 322 g/mol. The van der Waals surface area contributed by atoms with Crippen molar-refractivity contribution in [2.45, 2.75) is 45.4 Å². The molecule has 3 heterocycles. The topological polar surface area (TPSA) is 134 Å². The minimum absolute atomic E-state index is 0.0402. The first kappa shape index (κ1) is 17.1. The van der Waals surface area contributed by atoms with Gasteiger partial charge in [0.1, 0.15) is 11.6 Å². The SMILES string of the molecule is Cc1nc(C2CCCN(c3nc(N)nc(C)c3CCC(=O)O)C2)n[nH]1. The first-order valence-electron chi connectivity index (χ1n) is 8.42. The third kappa shape index (κ3) is 3.86. The fourth-order valence-corrected chi connectivity index (χ4v) is 3.31. The number of carboxylic acids is 1. The number of hydrogen-bond acceptors (Lipinski definition) is 7. The zero-order valence-electron chi connectivity index (χ0n) is 14.5. The highest BCUT2D eigenvalue weighted by Gasteiger charge is 2.27. The number of nitrogens with zero attached hydrogens (tertiary/aromatic N) is 5. The summed E-state index contributed by atoms with van der Waals surface area (Å²) in [7, 11) is 0. The van der Waals surface area contributed by atoms with Crippen LogP contribution in [0, 0.1) is 13.8 Å². The van der Waals surface area contributed by atoms with E-state index in [1.54, 1.807) is 0 Å². The number of aromatic nitrogens is 5. The summed E-state index contributed by atoms with van der Waals surface area (Å²) >= 11 is 0. The lowest BCUT2D eigenvalue weighted by Gasteiger charge is -2.33. The summed E-state index contributed by atoms with van der Waals surface area (Å²) in [4.78, 5) is 26.2. The first-order chi connectivity index (χ1) is 11.9. The average Bonchev–Trinajstić information content (AvgIpc) is 3.00. The molecule has 1 aliphatic heterocycles. The van der Waals surface area contributed by atoms with E-state index < -0.39 is 5.97 Å². The maximum absolute atomic E-state index is 11.0. The molecule has 9 nitrogen and oxygen atoms in total. The van der Waals surface area contributed by atoms with Crippen LogP contribution in [-0.2, 0) is 11.2 Å². The molecule has 2 aromatic heterocycles. The Bertz CT molecular complexity index is 774. The molecule has 2 aromatic rings. The number of rotatable bonds is 5. The number of carbonyl (C=O) groups is 1. The number of nitrogens with one attached hydrogen (secondary N) is 1. The zero-order chi connectivity index (χ0) is 18.0. The van der Waals surface area contributed by atoms with Gasteiger partial charge in [-0.3, -0.25) is 9.89 Å². The van der Waals surface area contributed by atoms with Crippen LogP contribution in [0.25, 0.3) is 0 Å². The van der Waals surface area contributed by atoms with Crippen LogP contribution in [0.1, 0.15) is 48.1 Å². The minimum Gasteiger partial charge on any atom is -0.481 e. The summed E-state index contributed by atoms with van der Waals surface area (Å²) in [5, 5.41) is 16.2. The van der Waals surface area contributed by atoms with E-state index in [9.17, 15) is 4.79 Å². The third-order valence-electron chi connectivity index (χ3n) is 4.50. The van der Waals surface area contributed by atoms with Crippen molar-refractivity contribution in [3.8, 4) is 0 Å². The predicted molar refractivity (Wildman–Crippen MR) is 92.4 cm³/mol. The highest BCUT2D eigenvalue weighted by Crippen LogP contribution is 2.31. The number of aromatic amines is 1. The van der Waals surface area contributed by atoms with Crippen molar-refractivity contribution in [3.05, 3.63) is 22.9 Å². The normalized spacial score (nSPS) is 17.7. The van der Waals surface area contributed by atoms with Crippen LogP contribution in [0.2, 0.25) is 0 Å². The Labute approximate surface area is 145 Å². The van der Waals surface area contributed by atoms with Crippen LogP contribution in [0.3, 0.4) is 0 Å². The van der Waals surface area contributed by atoms with Gasteiger partial charge < -0.3 is 15.7 Å². The van der Waals surface area contributed by atoms with Gasteiger partial charge in [0.05, 0.1) is 0 Å². The van der Waals surface area contributed by atoms with Gasteiger partial charge in [-0.1, -0.05) is 0 Å². The number of anilines is 2. The Morgan fingerprint density at radius 2 is 2.16 bits per heavy atom. The van der Waals surface area contributed by atoms with Gasteiger partial charge in [-0.05, 0) is 33.1 Å². The van der Waals surface area contributed by atoms with Crippen molar-refractivity contribution in [1.29, 1.82) is 0 Å².